The van der Waals surface area contributed by atoms with Gasteiger partial charge in [0.1, 0.15) is 11.8 Å². The molecule has 2 unspecified atom stereocenters. The van der Waals surface area contributed by atoms with Gasteiger partial charge in [0, 0.05) is 42.7 Å². The summed E-state index contributed by atoms with van der Waals surface area (Å²) in [6.45, 7) is 17.3. The summed E-state index contributed by atoms with van der Waals surface area (Å²) in [6, 6.07) is 6.70. The van der Waals surface area contributed by atoms with Crippen LogP contribution < -0.4 is 9.64 Å². The van der Waals surface area contributed by atoms with Crippen molar-refractivity contribution in [2.45, 2.75) is 75.0 Å². The molecule has 5 atom stereocenters. The molecule has 0 radical (unpaired) electrons. The number of nitrogens with zero attached hydrogens (tertiary/aromatic N) is 3. The monoisotopic (exact) mass is 583 g/mol. The van der Waals surface area contributed by atoms with Crippen LogP contribution in [0.15, 0.2) is 49.6 Å². The van der Waals surface area contributed by atoms with Crippen LogP contribution >= 0.6 is 11.8 Å². The molecule has 1 spiro atoms. The fourth-order valence-electron chi connectivity index (χ4n) is 7.08. The third kappa shape index (κ3) is 5.43. The summed E-state index contributed by atoms with van der Waals surface area (Å²) >= 11 is 1.68. The van der Waals surface area contributed by atoms with Gasteiger partial charge in [0.15, 0.2) is 0 Å². The maximum atomic E-state index is 14.5. The van der Waals surface area contributed by atoms with E-state index in [0.717, 1.165) is 17.9 Å². The van der Waals surface area contributed by atoms with Crippen molar-refractivity contribution in [3.8, 4) is 5.75 Å². The van der Waals surface area contributed by atoms with Crippen molar-refractivity contribution < 1.29 is 24.2 Å². The largest absolute Gasteiger partial charge is 0.494 e. The van der Waals surface area contributed by atoms with Gasteiger partial charge in [-0.2, -0.15) is 0 Å². The Morgan fingerprint density at radius 3 is 2.41 bits per heavy atom. The standard InChI is InChI=1S/C32H45N3O5S/c1-7-18-33(22(4)5)30(39)27-32-17-16-31(6,41-32)25(26(32)29(38)35(27)20-10-11-21-36)28(37)34(19-8-2)23-12-14-24(15-13-23)40-9-3/h7-8,12-15,22,25-27,36H,1-2,9-11,16-21H2,3-6H3/t25-,26-,27?,31+,32?/m0/s1. The Morgan fingerprint density at radius 1 is 1.15 bits per heavy atom. The van der Waals surface area contributed by atoms with Crippen molar-refractivity contribution in [2.75, 3.05) is 37.7 Å². The summed E-state index contributed by atoms with van der Waals surface area (Å²) in [5.74, 6) is -0.773. The Kier molecular flexibility index (Phi) is 9.59. The van der Waals surface area contributed by atoms with Gasteiger partial charge >= 0.3 is 0 Å². The van der Waals surface area contributed by atoms with Crippen LogP contribution in [0.4, 0.5) is 5.69 Å². The van der Waals surface area contributed by atoms with Gasteiger partial charge in [-0.05, 0) is 77.6 Å². The van der Waals surface area contributed by atoms with Gasteiger partial charge in [-0.15, -0.1) is 24.9 Å². The highest BCUT2D eigenvalue weighted by Crippen LogP contribution is 2.71. The molecule has 3 aliphatic rings. The molecule has 3 heterocycles. The highest BCUT2D eigenvalue weighted by Gasteiger charge is 2.77. The molecule has 41 heavy (non-hydrogen) atoms. The van der Waals surface area contributed by atoms with E-state index >= 15 is 0 Å². The van der Waals surface area contributed by atoms with Crippen molar-refractivity contribution in [1.82, 2.24) is 9.80 Å². The molecule has 3 fully saturated rings. The molecule has 0 aliphatic carbocycles. The molecule has 0 aromatic heterocycles. The second-order valence-corrected chi connectivity index (χ2v) is 13.6. The summed E-state index contributed by atoms with van der Waals surface area (Å²) in [5, 5.41) is 9.43. The first-order valence-electron chi connectivity index (χ1n) is 14.8. The molecule has 1 aromatic rings. The van der Waals surface area contributed by atoms with Crippen LogP contribution in [0.25, 0.3) is 0 Å². The Labute approximate surface area is 248 Å². The highest BCUT2D eigenvalue weighted by atomic mass is 32.2. The number of fused-ring (bicyclic) bond motifs is 1. The van der Waals surface area contributed by atoms with Crippen molar-refractivity contribution >= 4 is 35.2 Å². The number of hydrogen-bond donors (Lipinski definition) is 1. The Bertz CT molecular complexity index is 1160. The number of carbonyl (C=O) groups excluding carboxylic acids is 3. The van der Waals surface area contributed by atoms with Crippen molar-refractivity contribution in [3.05, 3.63) is 49.6 Å². The van der Waals surface area contributed by atoms with E-state index in [-0.39, 0.29) is 30.4 Å². The Hall–Kier alpha value is -2.78. The van der Waals surface area contributed by atoms with E-state index in [0.29, 0.717) is 45.5 Å². The number of amides is 3. The number of aliphatic hydroxyl groups is 1. The number of anilines is 1. The minimum absolute atomic E-state index is 0.0241. The third-order valence-electron chi connectivity index (χ3n) is 8.85. The maximum absolute atomic E-state index is 14.5. The number of likely N-dealkylation sites (tertiary alicyclic amines) is 1. The predicted octanol–water partition coefficient (Wildman–Crippen LogP) is 4.28. The van der Waals surface area contributed by atoms with Crippen LogP contribution in [0.1, 0.15) is 53.4 Å². The minimum atomic E-state index is -0.685. The summed E-state index contributed by atoms with van der Waals surface area (Å²) in [6.07, 6.45) is 6.00. The zero-order valence-electron chi connectivity index (χ0n) is 24.9. The molecule has 3 saturated heterocycles. The summed E-state index contributed by atoms with van der Waals surface area (Å²) < 4.78 is 4.43. The first-order valence-corrected chi connectivity index (χ1v) is 15.6. The molecular formula is C32H45N3O5S. The first-order chi connectivity index (χ1) is 19.6. The van der Waals surface area contributed by atoms with Gasteiger partial charge in [-0.3, -0.25) is 14.4 Å². The average molecular weight is 584 g/mol. The van der Waals surface area contributed by atoms with Crippen molar-refractivity contribution in [2.24, 2.45) is 11.8 Å². The molecule has 3 amide bonds. The number of thioether (sulfide) groups is 1. The molecule has 0 saturated carbocycles. The van der Waals surface area contributed by atoms with Gasteiger partial charge in [-0.1, -0.05) is 12.2 Å². The lowest BCUT2D eigenvalue weighted by molar-refractivity contribution is -0.143. The van der Waals surface area contributed by atoms with E-state index in [1.54, 1.807) is 38.6 Å². The molecule has 9 heteroatoms. The Morgan fingerprint density at radius 2 is 1.83 bits per heavy atom. The van der Waals surface area contributed by atoms with Crippen molar-refractivity contribution in [1.29, 1.82) is 0 Å². The van der Waals surface area contributed by atoms with E-state index in [1.165, 1.54) is 0 Å². The van der Waals surface area contributed by atoms with Gasteiger partial charge in [0.2, 0.25) is 17.7 Å². The molecule has 1 aromatic carbocycles. The number of carbonyl (C=O) groups is 3. The second-order valence-electron chi connectivity index (χ2n) is 11.7. The fourth-order valence-corrected chi connectivity index (χ4v) is 9.42. The van der Waals surface area contributed by atoms with Crippen molar-refractivity contribution in [3.63, 3.8) is 0 Å². The Balaban J connectivity index is 1.75. The van der Waals surface area contributed by atoms with Gasteiger partial charge in [-0.25, -0.2) is 0 Å². The van der Waals surface area contributed by atoms with Gasteiger partial charge in [0.05, 0.1) is 23.2 Å². The zero-order chi connectivity index (χ0) is 29.9. The molecule has 1 N–H and O–H groups in total. The van der Waals surface area contributed by atoms with E-state index < -0.39 is 27.4 Å². The lowest BCUT2D eigenvalue weighted by Gasteiger charge is -2.39. The van der Waals surface area contributed by atoms with E-state index in [4.69, 9.17) is 4.74 Å². The van der Waals surface area contributed by atoms with Crippen LogP contribution in [-0.4, -0.2) is 87.1 Å². The normalized spacial score (nSPS) is 28.1. The topological polar surface area (TPSA) is 90.4 Å². The molecule has 2 bridgehead atoms. The van der Waals surface area contributed by atoms with Gasteiger partial charge < -0.3 is 24.5 Å². The predicted molar refractivity (Wildman–Crippen MR) is 164 cm³/mol. The molecule has 4 rings (SSSR count). The lowest BCUT2D eigenvalue weighted by atomic mass is 9.66. The SMILES string of the molecule is C=CCN(C(=O)[C@@H]1[C@H]2C(=O)N(CCCCO)C(C(=O)N(CC=C)C(C)C)C23CC[C@@]1(C)S3)c1ccc(OCC)cc1. The molecular weight excluding hydrogens is 538 g/mol. The number of unbranched alkanes of at least 4 members (excludes halogenated alkanes) is 1. The van der Waals surface area contributed by atoms with Crippen LogP contribution in [0.5, 0.6) is 5.75 Å². The van der Waals surface area contributed by atoms with Crippen LogP contribution in [-0.2, 0) is 14.4 Å². The van der Waals surface area contributed by atoms with E-state index in [1.807, 2.05) is 45.0 Å². The zero-order valence-corrected chi connectivity index (χ0v) is 25.7. The van der Waals surface area contributed by atoms with Crippen LogP contribution in [0.3, 0.4) is 0 Å². The number of ether oxygens (including phenoxy) is 1. The third-order valence-corrected chi connectivity index (χ3v) is 10.8. The number of hydrogen-bond acceptors (Lipinski definition) is 6. The smallest absolute Gasteiger partial charge is 0.247 e. The highest BCUT2D eigenvalue weighted by molar-refractivity contribution is 8.02. The van der Waals surface area contributed by atoms with E-state index in [2.05, 4.69) is 20.1 Å². The number of rotatable bonds is 14. The van der Waals surface area contributed by atoms with Crippen LogP contribution in [0.2, 0.25) is 0 Å². The van der Waals surface area contributed by atoms with Gasteiger partial charge in [0.25, 0.3) is 0 Å². The first kappa shape index (κ1) is 31.2. The lowest BCUT2D eigenvalue weighted by Crippen LogP contribution is -2.56. The number of aliphatic hydroxyl groups excluding tert-OH is 1. The van der Waals surface area contributed by atoms with Crippen LogP contribution in [0, 0.1) is 11.8 Å². The second kappa shape index (κ2) is 12.6. The van der Waals surface area contributed by atoms with E-state index in [9.17, 15) is 19.5 Å². The molecule has 224 valence electrons. The molecule has 3 aliphatic heterocycles. The quantitative estimate of drug-likeness (QED) is 0.260. The summed E-state index contributed by atoms with van der Waals surface area (Å²) in [4.78, 5) is 48.5. The molecule has 8 nitrogen and oxygen atoms in total. The maximum Gasteiger partial charge on any atom is 0.247 e. The summed E-state index contributed by atoms with van der Waals surface area (Å²) in [5.41, 5.74) is 0.721. The summed E-state index contributed by atoms with van der Waals surface area (Å²) in [7, 11) is 0. The average Bonchev–Trinajstić information content (AvgIpc) is 3.51. The fraction of sp³-hybridized carbons (Fsp3) is 0.594. The minimum Gasteiger partial charge on any atom is -0.494 e. The number of benzene rings is 1.